The normalized spacial score (nSPS) is 9.90. The average molecular weight is 300 g/mol. The summed E-state index contributed by atoms with van der Waals surface area (Å²) in [5, 5.41) is 9.25. The maximum atomic E-state index is 12.7. The number of carbonyl (C=O) groups excluding carboxylic acids is 1. The molecule has 0 spiro atoms. The third-order valence-electron chi connectivity index (χ3n) is 3.00. The Morgan fingerprint density at radius 1 is 1.24 bits per heavy atom. The Morgan fingerprint density at radius 2 is 1.95 bits per heavy atom. The van der Waals surface area contributed by atoms with Crippen LogP contribution in [0.4, 0.5) is 11.4 Å². The number of halogens is 1. The lowest BCUT2D eigenvalue weighted by atomic mass is 10.1. The molecule has 2 N–H and O–H groups in total. The second-order valence-corrected chi connectivity index (χ2v) is 4.87. The Labute approximate surface area is 128 Å². The van der Waals surface area contributed by atoms with E-state index in [1.165, 1.54) is 0 Å². The quantitative estimate of drug-likeness (QED) is 0.879. The second kappa shape index (κ2) is 6.78. The van der Waals surface area contributed by atoms with Gasteiger partial charge in [-0.3, -0.25) is 4.79 Å². The topological polar surface area (TPSA) is 70.1 Å². The lowest BCUT2D eigenvalue weighted by molar-refractivity contribution is 0.0988. The summed E-state index contributed by atoms with van der Waals surface area (Å²) in [6.45, 7) is 0.307. The van der Waals surface area contributed by atoms with E-state index in [1.54, 1.807) is 23.1 Å². The third kappa shape index (κ3) is 3.53. The van der Waals surface area contributed by atoms with Crippen LogP contribution in [0.25, 0.3) is 0 Å². The van der Waals surface area contributed by atoms with Crippen LogP contribution in [0.3, 0.4) is 0 Å². The molecule has 1 amide bonds. The Kier molecular flexibility index (Phi) is 4.81. The number of para-hydroxylation sites is 1. The molecule has 2 rings (SSSR count). The second-order valence-electron chi connectivity index (χ2n) is 4.43. The van der Waals surface area contributed by atoms with Crippen LogP contribution in [0.2, 0.25) is 5.02 Å². The van der Waals surface area contributed by atoms with Crippen LogP contribution in [0.1, 0.15) is 16.8 Å². The fraction of sp³-hybridized carbons (Fsp3) is 0.125. The van der Waals surface area contributed by atoms with Crippen molar-refractivity contribution in [2.24, 2.45) is 0 Å². The van der Waals surface area contributed by atoms with E-state index in [-0.39, 0.29) is 12.3 Å². The number of anilines is 2. The highest BCUT2D eigenvalue weighted by molar-refractivity contribution is 6.31. The first-order valence-corrected chi connectivity index (χ1v) is 6.80. The van der Waals surface area contributed by atoms with Crippen molar-refractivity contribution in [2.45, 2.75) is 6.42 Å². The SMILES string of the molecule is N#CCCN(C(=O)c1ccc(Cl)cc1N)c1ccccc1. The first-order valence-electron chi connectivity index (χ1n) is 6.42. The lowest BCUT2D eigenvalue weighted by Gasteiger charge is -2.22. The predicted molar refractivity (Wildman–Crippen MR) is 84.2 cm³/mol. The van der Waals surface area contributed by atoms with Crippen molar-refractivity contribution in [3.8, 4) is 6.07 Å². The van der Waals surface area contributed by atoms with Gasteiger partial charge in [0, 0.05) is 22.9 Å². The molecular formula is C16H14ClN3O. The summed E-state index contributed by atoms with van der Waals surface area (Å²) in [5.41, 5.74) is 7.30. The maximum absolute atomic E-state index is 12.7. The number of nitrogens with two attached hydrogens (primary N) is 1. The van der Waals surface area contributed by atoms with Crippen LogP contribution < -0.4 is 10.6 Å². The van der Waals surface area contributed by atoms with Gasteiger partial charge in [0.15, 0.2) is 0 Å². The van der Waals surface area contributed by atoms with Crippen molar-refractivity contribution in [1.82, 2.24) is 0 Å². The van der Waals surface area contributed by atoms with E-state index < -0.39 is 0 Å². The number of amides is 1. The number of benzene rings is 2. The monoisotopic (exact) mass is 299 g/mol. The molecule has 106 valence electrons. The van der Waals surface area contributed by atoms with Gasteiger partial charge in [0.2, 0.25) is 0 Å². The average Bonchev–Trinajstić information content (AvgIpc) is 2.48. The molecule has 0 bridgehead atoms. The minimum absolute atomic E-state index is 0.244. The van der Waals surface area contributed by atoms with Gasteiger partial charge in [-0.2, -0.15) is 5.26 Å². The molecule has 2 aromatic carbocycles. The molecule has 0 saturated heterocycles. The van der Waals surface area contributed by atoms with E-state index in [1.807, 2.05) is 30.3 Å². The molecule has 2 aromatic rings. The van der Waals surface area contributed by atoms with Crippen LogP contribution in [0.15, 0.2) is 48.5 Å². The van der Waals surface area contributed by atoms with Crippen molar-refractivity contribution in [2.75, 3.05) is 17.2 Å². The minimum atomic E-state index is -0.245. The number of carbonyl (C=O) groups is 1. The zero-order chi connectivity index (χ0) is 15.2. The summed E-state index contributed by atoms with van der Waals surface area (Å²) in [7, 11) is 0. The van der Waals surface area contributed by atoms with Crippen molar-refractivity contribution in [1.29, 1.82) is 5.26 Å². The Hall–Kier alpha value is -2.51. The van der Waals surface area contributed by atoms with Crippen LogP contribution in [0, 0.1) is 11.3 Å². The Bertz CT molecular complexity index is 680. The zero-order valence-corrected chi connectivity index (χ0v) is 12.0. The van der Waals surface area contributed by atoms with Gasteiger partial charge in [0.1, 0.15) is 0 Å². The van der Waals surface area contributed by atoms with Crippen LogP contribution in [0.5, 0.6) is 0 Å². The van der Waals surface area contributed by atoms with E-state index in [2.05, 4.69) is 6.07 Å². The summed E-state index contributed by atoms with van der Waals surface area (Å²) in [4.78, 5) is 14.2. The zero-order valence-electron chi connectivity index (χ0n) is 11.3. The molecule has 0 aliphatic carbocycles. The first kappa shape index (κ1) is 14.9. The molecular weight excluding hydrogens is 286 g/mol. The summed E-state index contributed by atoms with van der Waals surface area (Å²) in [6, 6.07) is 16.0. The van der Waals surface area contributed by atoms with E-state index in [4.69, 9.17) is 22.6 Å². The van der Waals surface area contributed by atoms with Crippen LogP contribution in [-0.2, 0) is 0 Å². The fourth-order valence-corrected chi connectivity index (χ4v) is 2.17. The smallest absolute Gasteiger partial charge is 0.260 e. The largest absolute Gasteiger partial charge is 0.398 e. The molecule has 21 heavy (non-hydrogen) atoms. The molecule has 0 aliphatic heterocycles. The van der Waals surface area contributed by atoms with Gasteiger partial charge in [0.25, 0.3) is 5.91 Å². The minimum Gasteiger partial charge on any atom is -0.398 e. The van der Waals surface area contributed by atoms with Gasteiger partial charge < -0.3 is 10.6 Å². The van der Waals surface area contributed by atoms with Crippen molar-refractivity contribution < 1.29 is 4.79 Å². The Morgan fingerprint density at radius 3 is 2.57 bits per heavy atom. The van der Waals surface area contributed by atoms with E-state index >= 15 is 0 Å². The lowest BCUT2D eigenvalue weighted by Crippen LogP contribution is -2.32. The maximum Gasteiger partial charge on any atom is 0.260 e. The van der Waals surface area contributed by atoms with Crippen LogP contribution in [-0.4, -0.2) is 12.5 Å². The summed E-state index contributed by atoms with van der Waals surface area (Å²) in [5.74, 6) is -0.245. The molecule has 5 heteroatoms. The molecule has 0 unspecified atom stereocenters. The van der Waals surface area contributed by atoms with E-state index in [0.717, 1.165) is 5.69 Å². The van der Waals surface area contributed by atoms with Gasteiger partial charge in [-0.1, -0.05) is 29.8 Å². The van der Waals surface area contributed by atoms with Crippen molar-refractivity contribution in [3.63, 3.8) is 0 Å². The van der Waals surface area contributed by atoms with Gasteiger partial charge in [-0.15, -0.1) is 0 Å². The highest BCUT2D eigenvalue weighted by Gasteiger charge is 2.19. The molecule has 0 fully saturated rings. The molecule has 0 atom stereocenters. The van der Waals surface area contributed by atoms with E-state index in [0.29, 0.717) is 22.8 Å². The Balaban J connectivity index is 2.37. The summed E-state index contributed by atoms with van der Waals surface area (Å²) in [6.07, 6.45) is 0.244. The number of nitrogen functional groups attached to an aromatic ring is 1. The highest BCUT2D eigenvalue weighted by Crippen LogP contribution is 2.23. The summed E-state index contributed by atoms with van der Waals surface area (Å²) < 4.78 is 0. The molecule has 0 saturated carbocycles. The van der Waals surface area contributed by atoms with Gasteiger partial charge in [0.05, 0.1) is 18.1 Å². The number of nitriles is 1. The first-order chi connectivity index (χ1) is 10.1. The van der Waals surface area contributed by atoms with Crippen molar-refractivity contribution in [3.05, 3.63) is 59.1 Å². The fourth-order valence-electron chi connectivity index (χ4n) is 1.99. The highest BCUT2D eigenvalue weighted by atomic mass is 35.5. The summed E-state index contributed by atoms with van der Waals surface area (Å²) >= 11 is 5.85. The van der Waals surface area contributed by atoms with E-state index in [9.17, 15) is 4.79 Å². The standard InChI is InChI=1S/C16H14ClN3O/c17-12-7-8-14(15(19)11-12)16(21)20(10-4-9-18)13-5-2-1-3-6-13/h1-3,5-8,11H,4,10,19H2. The number of nitrogens with zero attached hydrogens (tertiary/aromatic N) is 2. The molecule has 0 aliphatic rings. The molecule has 0 heterocycles. The van der Waals surface area contributed by atoms with Crippen molar-refractivity contribution >= 4 is 28.9 Å². The van der Waals surface area contributed by atoms with Gasteiger partial charge in [-0.05, 0) is 30.3 Å². The van der Waals surface area contributed by atoms with Crippen LogP contribution >= 0.6 is 11.6 Å². The van der Waals surface area contributed by atoms with Gasteiger partial charge in [-0.25, -0.2) is 0 Å². The molecule has 4 nitrogen and oxygen atoms in total. The van der Waals surface area contributed by atoms with Gasteiger partial charge >= 0.3 is 0 Å². The predicted octanol–water partition coefficient (Wildman–Crippen LogP) is 3.48. The number of hydrogen-bond donors (Lipinski definition) is 1. The number of rotatable bonds is 4. The number of hydrogen-bond acceptors (Lipinski definition) is 3. The molecule has 0 aromatic heterocycles. The third-order valence-corrected chi connectivity index (χ3v) is 3.24. The molecule has 0 radical (unpaired) electrons.